The molecule has 24 heavy (non-hydrogen) atoms. The summed E-state index contributed by atoms with van der Waals surface area (Å²) < 4.78 is 6.56. The third kappa shape index (κ3) is 4.34. The summed E-state index contributed by atoms with van der Waals surface area (Å²) in [5, 5.41) is 9.28. The lowest BCUT2D eigenvalue weighted by Gasteiger charge is -2.12. The Morgan fingerprint density at radius 3 is 2.67 bits per heavy atom. The van der Waals surface area contributed by atoms with Crippen LogP contribution in [-0.4, -0.2) is 21.5 Å². The second-order valence-electron chi connectivity index (χ2n) is 6.76. The van der Waals surface area contributed by atoms with Crippen molar-refractivity contribution in [1.29, 1.82) is 5.26 Å². The molecule has 0 bridgehead atoms. The topological polar surface area (TPSA) is 55.0 Å². The molecule has 0 spiro atoms. The average Bonchev–Trinajstić information content (AvgIpc) is 3.03. The highest BCUT2D eigenvalue weighted by molar-refractivity contribution is 6.50. The summed E-state index contributed by atoms with van der Waals surface area (Å²) in [6.07, 6.45) is 2.19. The van der Waals surface area contributed by atoms with Crippen molar-refractivity contribution >= 4 is 35.2 Å². The number of carbonyl (C=O) groups is 1. The van der Waals surface area contributed by atoms with E-state index in [1.165, 1.54) is 0 Å². The van der Waals surface area contributed by atoms with Crippen molar-refractivity contribution in [3.63, 3.8) is 0 Å². The van der Waals surface area contributed by atoms with Crippen molar-refractivity contribution in [2.75, 3.05) is 6.61 Å². The Balaban J connectivity index is 2.12. The van der Waals surface area contributed by atoms with Crippen LogP contribution in [0, 0.1) is 37.0 Å². The molecule has 1 fully saturated rings. The van der Waals surface area contributed by atoms with E-state index in [1.54, 1.807) is 6.08 Å². The normalized spacial score (nSPS) is 19.2. The van der Waals surface area contributed by atoms with Gasteiger partial charge in [0.25, 0.3) is 0 Å². The van der Waals surface area contributed by atoms with E-state index in [4.69, 9.17) is 27.9 Å². The Morgan fingerprint density at radius 1 is 1.54 bits per heavy atom. The molecule has 1 aliphatic carbocycles. The Morgan fingerprint density at radius 2 is 2.17 bits per heavy atom. The lowest BCUT2D eigenvalue weighted by molar-refractivity contribution is -0.138. The van der Waals surface area contributed by atoms with Crippen molar-refractivity contribution in [1.82, 2.24) is 4.57 Å². The molecule has 0 unspecified atom stereocenters. The molecule has 1 atom stereocenters. The minimum Gasteiger partial charge on any atom is -0.461 e. The molecule has 1 aromatic heterocycles. The van der Waals surface area contributed by atoms with E-state index in [9.17, 15) is 10.1 Å². The van der Waals surface area contributed by atoms with Crippen LogP contribution in [0.15, 0.2) is 11.6 Å². The molecule has 0 N–H and O–H groups in total. The molecule has 1 heterocycles. The highest BCUT2D eigenvalue weighted by atomic mass is 35.5. The minimum absolute atomic E-state index is 0.0183. The fourth-order valence-electron chi connectivity index (χ4n) is 2.62. The first-order valence-corrected chi connectivity index (χ1v) is 8.74. The lowest BCUT2D eigenvalue weighted by Crippen LogP contribution is -2.11. The predicted octanol–water partition coefficient (Wildman–Crippen LogP) is 4.40. The van der Waals surface area contributed by atoms with Crippen LogP contribution in [0.1, 0.15) is 37.2 Å². The Bertz CT molecular complexity index is 711. The molecule has 0 aromatic carbocycles. The zero-order chi connectivity index (χ0) is 18.1. The van der Waals surface area contributed by atoms with Crippen LogP contribution >= 0.6 is 23.2 Å². The summed E-state index contributed by atoms with van der Waals surface area (Å²) in [5.41, 5.74) is 2.97. The van der Waals surface area contributed by atoms with Crippen molar-refractivity contribution < 1.29 is 9.53 Å². The average molecular weight is 369 g/mol. The summed E-state index contributed by atoms with van der Waals surface area (Å²) in [7, 11) is 0. The molecule has 4 nitrogen and oxygen atoms in total. The number of halogens is 2. The number of nitriles is 1. The number of aryl methyl sites for hydroxylation is 1. The van der Waals surface area contributed by atoms with Gasteiger partial charge in [-0.1, -0.05) is 13.8 Å². The number of rotatable bonds is 6. The molecule has 0 radical (unpaired) electrons. The molecule has 0 aliphatic heterocycles. The second-order valence-corrected chi connectivity index (χ2v) is 8.30. The first kappa shape index (κ1) is 18.9. The molecule has 0 saturated heterocycles. The number of hydrogen-bond donors (Lipinski definition) is 0. The van der Waals surface area contributed by atoms with Gasteiger partial charge in [-0.15, -0.1) is 23.2 Å². The number of alkyl halides is 2. The van der Waals surface area contributed by atoms with E-state index >= 15 is 0 Å². The molecular weight excluding hydrogens is 347 g/mol. The van der Waals surface area contributed by atoms with Gasteiger partial charge in [0.15, 0.2) is 0 Å². The summed E-state index contributed by atoms with van der Waals surface area (Å²) in [5.74, 6) is -0.181. The number of carbonyl (C=O) groups excluding carboxylic acids is 1. The van der Waals surface area contributed by atoms with Crippen LogP contribution < -0.4 is 0 Å². The van der Waals surface area contributed by atoms with E-state index < -0.39 is 10.3 Å². The van der Waals surface area contributed by atoms with Gasteiger partial charge in [0.1, 0.15) is 16.0 Å². The highest BCUT2D eigenvalue weighted by Gasteiger charge is 2.52. The predicted molar refractivity (Wildman–Crippen MR) is 95.8 cm³/mol. The molecule has 130 valence electrons. The number of esters is 1. The van der Waals surface area contributed by atoms with Crippen LogP contribution in [0.25, 0.3) is 6.08 Å². The number of ether oxygens (including phenoxy) is 1. The van der Waals surface area contributed by atoms with Gasteiger partial charge < -0.3 is 9.30 Å². The Labute approximate surface area is 153 Å². The van der Waals surface area contributed by atoms with Crippen molar-refractivity contribution in [2.45, 2.75) is 45.0 Å². The number of hydrogen-bond acceptors (Lipinski definition) is 3. The summed E-state index contributed by atoms with van der Waals surface area (Å²) in [4.78, 5) is 12.1. The molecule has 6 heteroatoms. The first-order chi connectivity index (χ1) is 11.2. The smallest absolute Gasteiger partial charge is 0.348 e. The summed E-state index contributed by atoms with van der Waals surface area (Å²) in [6.45, 7) is 9.34. The minimum atomic E-state index is -0.793. The van der Waals surface area contributed by atoms with Gasteiger partial charge in [-0.25, -0.2) is 4.79 Å². The standard InChI is InChI=1S/C18H22Cl2N2O2/c1-11(2)9-22-12(3)5-14(13(22)4)6-15(8-21)17(23)24-10-16-7-18(16,19)20/h5-6,11,16H,7,9-10H2,1-4H3/b15-6-/t16-/m0/s1. The van der Waals surface area contributed by atoms with Crippen LogP contribution in [0.4, 0.5) is 0 Å². The molecule has 2 rings (SSSR count). The van der Waals surface area contributed by atoms with Crippen LogP contribution in [0.2, 0.25) is 0 Å². The maximum atomic E-state index is 12.1. The molecule has 0 amide bonds. The van der Waals surface area contributed by atoms with Crippen molar-refractivity contribution in [3.05, 3.63) is 28.6 Å². The van der Waals surface area contributed by atoms with Gasteiger partial charge >= 0.3 is 5.97 Å². The van der Waals surface area contributed by atoms with E-state index in [0.29, 0.717) is 12.3 Å². The quantitative estimate of drug-likeness (QED) is 0.323. The van der Waals surface area contributed by atoms with Gasteiger partial charge in [-0.2, -0.15) is 5.26 Å². The summed E-state index contributed by atoms with van der Waals surface area (Å²) in [6, 6.07) is 3.90. The van der Waals surface area contributed by atoms with Gasteiger partial charge in [0, 0.05) is 23.9 Å². The fraction of sp³-hybridized carbons (Fsp3) is 0.556. The van der Waals surface area contributed by atoms with Crippen LogP contribution in [-0.2, 0) is 16.1 Å². The molecule has 1 aliphatic rings. The molecule has 1 saturated carbocycles. The SMILES string of the molecule is Cc1cc(/C=C(/C#N)C(=O)OC[C@@H]2CC2(Cl)Cl)c(C)n1CC(C)C. The van der Waals surface area contributed by atoms with Crippen LogP contribution in [0.3, 0.4) is 0 Å². The molecule has 1 aromatic rings. The third-order valence-electron chi connectivity index (χ3n) is 4.17. The zero-order valence-electron chi connectivity index (χ0n) is 14.4. The monoisotopic (exact) mass is 368 g/mol. The Kier molecular flexibility index (Phi) is 5.67. The van der Waals surface area contributed by atoms with E-state index in [0.717, 1.165) is 23.5 Å². The van der Waals surface area contributed by atoms with Gasteiger partial charge in [0.05, 0.1) is 6.61 Å². The van der Waals surface area contributed by atoms with Gasteiger partial charge in [-0.05, 0) is 43.9 Å². The van der Waals surface area contributed by atoms with Gasteiger partial charge in [-0.3, -0.25) is 0 Å². The largest absolute Gasteiger partial charge is 0.461 e. The maximum Gasteiger partial charge on any atom is 0.348 e. The van der Waals surface area contributed by atoms with Crippen molar-refractivity contribution in [3.8, 4) is 6.07 Å². The van der Waals surface area contributed by atoms with Gasteiger partial charge in [0.2, 0.25) is 0 Å². The second kappa shape index (κ2) is 7.21. The fourth-order valence-corrected chi connectivity index (χ4v) is 3.12. The van der Waals surface area contributed by atoms with Crippen LogP contribution in [0.5, 0.6) is 0 Å². The van der Waals surface area contributed by atoms with E-state index in [2.05, 4.69) is 18.4 Å². The highest BCUT2D eigenvalue weighted by Crippen LogP contribution is 2.53. The molecular formula is C18H22Cl2N2O2. The number of nitrogens with zero attached hydrogens (tertiary/aromatic N) is 2. The van der Waals surface area contributed by atoms with E-state index in [-0.39, 0.29) is 18.1 Å². The summed E-state index contributed by atoms with van der Waals surface area (Å²) >= 11 is 11.8. The lowest BCUT2D eigenvalue weighted by atomic mass is 10.1. The zero-order valence-corrected chi connectivity index (χ0v) is 15.9. The third-order valence-corrected chi connectivity index (χ3v) is 5.10. The van der Waals surface area contributed by atoms with Crippen molar-refractivity contribution in [2.24, 2.45) is 11.8 Å². The Hall–Kier alpha value is -1.44. The maximum absolute atomic E-state index is 12.1. The number of aromatic nitrogens is 1. The van der Waals surface area contributed by atoms with E-state index in [1.807, 2.05) is 26.0 Å². The first-order valence-electron chi connectivity index (χ1n) is 7.99.